The summed E-state index contributed by atoms with van der Waals surface area (Å²) in [5, 5.41) is 11.3. The van der Waals surface area contributed by atoms with Crippen LogP contribution in [-0.2, 0) is 13.9 Å². The third-order valence-corrected chi connectivity index (χ3v) is 21.7. The van der Waals surface area contributed by atoms with Crippen LogP contribution < -0.4 is 0 Å². The second kappa shape index (κ2) is 10.8. The predicted octanol–water partition coefficient (Wildman–Crippen LogP) is 9.64. The van der Waals surface area contributed by atoms with E-state index in [1.165, 1.54) is 63.1 Å². The smallest absolute Gasteiger partial charge is 0.192 e. The Labute approximate surface area is 272 Å². The van der Waals surface area contributed by atoms with Crippen LogP contribution in [-0.4, -0.2) is 50.0 Å². The van der Waals surface area contributed by atoms with Crippen molar-refractivity contribution in [2.24, 2.45) is 56.7 Å². The molecule has 1 N–H and O–H groups in total. The van der Waals surface area contributed by atoms with Crippen molar-refractivity contribution in [1.29, 1.82) is 0 Å². The summed E-state index contributed by atoms with van der Waals surface area (Å²) in [6.45, 7) is 29.4. The van der Waals surface area contributed by atoms with Crippen molar-refractivity contribution in [2.75, 3.05) is 6.61 Å². The molecule has 1 heterocycles. The van der Waals surface area contributed by atoms with Crippen LogP contribution in [0.15, 0.2) is 0 Å². The first-order valence-corrected chi connectivity index (χ1v) is 21.7. The van der Waals surface area contributed by atoms with Crippen molar-refractivity contribution in [1.82, 2.24) is 0 Å². The lowest BCUT2D eigenvalue weighted by Crippen LogP contribution is -2.61. The predicted molar refractivity (Wildman–Crippen MR) is 183 cm³/mol. The van der Waals surface area contributed by atoms with Crippen molar-refractivity contribution in [2.45, 2.75) is 183 Å². The average Bonchev–Trinajstić information content (AvgIpc) is 3.59. The number of ether oxygens (including phenoxy) is 2. The van der Waals surface area contributed by atoms with Gasteiger partial charge in [-0.25, -0.2) is 0 Å². The molecule has 0 radical (unpaired) electrons. The third kappa shape index (κ3) is 4.26. The maximum atomic E-state index is 11.3. The monoisotopic (exact) mass is 631 g/mol. The van der Waals surface area contributed by atoms with Crippen molar-refractivity contribution >= 4 is 8.32 Å². The van der Waals surface area contributed by atoms with E-state index in [1.807, 2.05) is 20.8 Å². The fourth-order valence-electron chi connectivity index (χ4n) is 14.1. The standard InChI is InChI=1S/C39H70O4Si/c1-13-41-32(35(9,10)40)27-23-25(5)30-31(42-27)33(43-44(14-2,15-3)16-4)37(12)29-18-17-28-34(7,8)26(6)19-20-38(28)24-39(29,38)22-21-36(30,37)11/h25-33,40H,13-24H2,1-12H3/t25-,26?,27-,28+,29+,30+,31+,32+,33+,36-,37-,38-,39+/m1/s1. The topological polar surface area (TPSA) is 47.9 Å². The molecular formula is C39H70O4Si. The SMILES string of the molecule is CCO[C@@H]([C@H]1C[C@@H](C)[C@H]2[C@H](O1)[C@H](O[Si](CC)(CC)CC)[C@@]1(C)[C@@H]3CC[C@H]4C(C)(C)C(C)CC[C@@]45C[C@@]35CC[C@]21C)C(C)(C)O. The number of rotatable bonds is 9. The van der Waals surface area contributed by atoms with Gasteiger partial charge in [0, 0.05) is 12.0 Å². The van der Waals surface area contributed by atoms with Gasteiger partial charge in [-0.15, -0.1) is 0 Å². The Morgan fingerprint density at radius 3 is 2.09 bits per heavy atom. The van der Waals surface area contributed by atoms with Crippen LogP contribution in [0, 0.1) is 56.7 Å². The van der Waals surface area contributed by atoms with Gasteiger partial charge in [0.1, 0.15) is 6.10 Å². The molecule has 4 nitrogen and oxygen atoms in total. The highest BCUT2D eigenvalue weighted by molar-refractivity contribution is 6.73. The molecule has 0 bridgehead atoms. The molecular weight excluding hydrogens is 561 g/mol. The van der Waals surface area contributed by atoms with Crippen LogP contribution in [0.5, 0.6) is 0 Å². The Morgan fingerprint density at radius 1 is 0.886 bits per heavy atom. The number of aliphatic hydroxyl groups is 1. The summed E-state index contributed by atoms with van der Waals surface area (Å²) in [6.07, 6.45) is 10.6. The summed E-state index contributed by atoms with van der Waals surface area (Å²) < 4.78 is 21.6. The molecule has 5 heteroatoms. The number of fused-ring (bicyclic) bond motifs is 4. The lowest BCUT2D eigenvalue weighted by molar-refractivity contribution is -0.213. The van der Waals surface area contributed by atoms with Crippen LogP contribution in [0.2, 0.25) is 18.1 Å². The van der Waals surface area contributed by atoms with E-state index in [0.717, 1.165) is 18.3 Å². The Bertz CT molecular complexity index is 1070. The molecule has 5 saturated carbocycles. The number of hydrogen-bond donors (Lipinski definition) is 1. The van der Waals surface area contributed by atoms with Gasteiger partial charge in [-0.3, -0.25) is 0 Å². The maximum absolute atomic E-state index is 11.3. The van der Waals surface area contributed by atoms with Gasteiger partial charge in [0.05, 0.1) is 23.9 Å². The summed E-state index contributed by atoms with van der Waals surface area (Å²) >= 11 is 0. The van der Waals surface area contributed by atoms with Crippen molar-refractivity contribution in [3.8, 4) is 0 Å². The minimum absolute atomic E-state index is 0.0750. The van der Waals surface area contributed by atoms with Gasteiger partial charge in [-0.1, -0.05) is 62.3 Å². The van der Waals surface area contributed by atoms with E-state index in [4.69, 9.17) is 13.9 Å². The second-order valence-electron chi connectivity index (χ2n) is 18.8. The van der Waals surface area contributed by atoms with Crippen LogP contribution in [0.3, 0.4) is 0 Å². The van der Waals surface area contributed by atoms with Crippen molar-refractivity contribution in [3.05, 3.63) is 0 Å². The molecule has 0 amide bonds. The number of hydrogen-bond acceptors (Lipinski definition) is 4. The molecule has 254 valence electrons. The Kier molecular flexibility index (Phi) is 8.31. The second-order valence-corrected chi connectivity index (χ2v) is 23.5. The molecule has 6 aliphatic rings. The van der Waals surface area contributed by atoms with Gasteiger partial charge in [0.25, 0.3) is 0 Å². The molecule has 0 aromatic rings. The molecule has 2 spiro atoms. The average molecular weight is 631 g/mol. The van der Waals surface area contributed by atoms with Gasteiger partial charge in [-0.05, 0) is 142 Å². The zero-order valence-electron chi connectivity index (χ0n) is 30.9. The van der Waals surface area contributed by atoms with Crippen LogP contribution >= 0.6 is 0 Å². The molecule has 1 unspecified atom stereocenters. The zero-order chi connectivity index (χ0) is 32.3. The fourth-order valence-corrected chi connectivity index (χ4v) is 17.0. The third-order valence-electron chi connectivity index (χ3n) is 17.0. The van der Waals surface area contributed by atoms with E-state index in [-0.39, 0.29) is 35.2 Å². The molecule has 6 rings (SSSR count). The van der Waals surface area contributed by atoms with Gasteiger partial charge in [0.15, 0.2) is 8.32 Å². The molecule has 13 atom stereocenters. The highest BCUT2D eigenvalue weighted by Gasteiger charge is 2.84. The summed E-state index contributed by atoms with van der Waals surface area (Å²) in [7, 11) is -1.93. The summed E-state index contributed by atoms with van der Waals surface area (Å²) in [5.41, 5.74) is 0.833. The van der Waals surface area contributed by atoms with E-state index in [2.05, 4.69) is 62.3 Å². The first-order chi connectivity index (χ1) is 20.5. The fraction of sp³-hybridized carbons (Fsp3) is 1.00. The van der Waals surface area contributed by atoms with Gasteiger partial charge < -0.3 is 19.0 Å². The van der Waals surface area contributed by atoms with E-state index in [0.29, 0.717) is 40.6 Å². The minimum atomic E-state index is -1.93. The zero-order valence-corrected chi connectivity index (χ0v) is 31.9. The van der Waals surface area contributed by atoms with E-state index in [1.54, 1.807) is 0 Å². The van der Waals surface area contributed by atoms with Crippen LogP contribution in [0.25, 0.3) is 0 Å². The molecule has 6 fully saturated rings. The highest BCUT2D eigenvalue weighted by atomic mass is 28.4. The van der Waals surface area contributed by atoms with Gasteiger partial charge in [0.2, 0.25) is 0 Å². The lowest BCUT2D eigenvalue weighted by Gasteiger charge is -2.64. The van der Waals surface area contributed by atoms with Crippen molar-refractivity contribution < 1.29 is 19.0 Å². The summed E-state index contributed by atoms with van der Waals surface area (Å²) in [5.74, 6) is 3.42. The summed E-state index contributed by atoms with van der Waals surface area (Å²) in [4.78, 5) is 0. The highest BCUT2D eigenvalue weighted by Crippen LogP contribution is 2.89. The van der Waals surface area contributed by atoms with E-state index in [9.17, 15) is 5.11 Å². The summed E-state index contributed by atoms with van der Waals surface area (Å²) in [6, 6.07) is 3.54. The Balaban J connectivity index is 1.45. The minimum Gasteiger partial charge on any atom is -0.411 e. The van der Waals surface area contributed by atoms with Gasteiger partial charge >= 0.3 is 0 Å². The molecule has 0 aromatic carbocycles. The van der Waals surface area contributed by atoms with E-state index < -0.39 is 13.9 Å². The quantitative estimate of drug-likeness (QED) is 0.258. The molecule has 44 heavy (non-hydrogen) atoms. The van der Waals surface area contributed by atoms with Crippen molar-refractivity contribution in [3.63, 3.8) is 0 Å². The first-order valence-electron chi connectivity index (χ1n) is 19.2. The largest absolute Gasteiger partial charge is 0.411 e. The maximum Gasteiger partial charge on any atom is 0.192 e. The molecule has 1 saturated heterocycles. The Morgan fingerprint density at radius 2 is 1.50 bits per heavy atom. The molecule has 1 aliphatic heterocycles. The van der Waals surface area contributed by atoms with Crippen LogP contribution in [0.1, 0.15) is 134 Å². The molecule has 0 aromatic heterocycles. The van der Waals surface area contributed by atoms with Crippen LogP contribution in [0.4, 0.5) is 0 Å². The van der Waals surface area contributed by atoms with Gasteiger partial charge in [-0.2, -0.15) is 0 Å². The van der Waals surface area contributed by atoms with E-state index >= 15 is 0 Å². The first kappa shape index (κ1) is 33.9. The Hall–Kier alpha value is 0.0569. The normalized spacial score (nSPS) is 50.1. The lowest BCUT2D eigenvalue weighted by atomic mass is 9.41. The molecule has 5 aliphatic carbocycles.